The van der Waals surface area contributed by atoms with Gasteiger partial charge in [0.05, 0.1) is 17.8 Å². The normalized spacial score (nSPS) is 13.7. The summed E-state index contributed by atoms with van der Waals surface area (Å²) in [5.74, 6) is 0.520. The smallest absolute Gasteiger partial charge is 0.253 e. The molecule has 0 bridgehead atoms. The Kier molecular flexibility index (Phi) is 1.55. The summed E-state index contributed by atoms with van der Waals surface area (Å²) >= 11 is 0. The van der Waals surface area contributed by atoms with E-state index in [1.807, 2.05) is 18.2 Å². The molecular weight excluding hydrogens is 194 g/mol. The molecule has 74 valence electrons. The van der Waals surface area contributed by atoms with E-state index in [9.17, 15) is 4.79 Å². The number of hydrogen-bond acceptors (Lipinski definition) is 4. The van der Waals surface area contributed by atoms with E-state index >= 15 is 0 Å². The van der Waals surface area contributed by atoms with Gasteiger partial charge in [0.25, 0.3) is 5.91 Å². The summed E-state index contributed by atoms with van der Waals surface area (Å²) in [5.41, 5.74) is 1.30. The highest BCUT2D eigenvalue weighted by atomic mass is 16.1. The van der Waals surface area contributed by atoms with Crippen LogP contribution in [0.1, 0.15) is 16.2 Å². The van der Waals surface area contributed by atoms with Crippen LogP contribution >= 0.6 is 0 Å². The number of benzene rings is 1. The summed E-state index contributed by atoms with van der Waals surface area (Å²) < 4.78 is 1.58. The van der Waals surface area contributed by atoms with Crippen molar-refractivity contribution in [3.8, 4) is 5.69 Å². The van der Waals surface area contributed by atoms with Crippen LogP contribution in [-0.4, -0.2) is 26.1 Å². The zero-order valence-electron chi connectivity index (χ0n) is 7.71. The predicted molar refractivity (Wildman–Crippen MR) is 50.3 cm³/mol. The number of aromatic nitrogens is 4. The van der Waals surface area contributed by atoms with Gasteiger partial charge in [-0.15, -0.1) is 5.10 Å². The van der Waals surface area contributed by atoms with E-state index < -0.39 is 0 Å². The average Bonchev–Trinajstić information content (AvgIpc) is 2.69. The lowest BCUT2D eigenvalue weighted by Gasteiger charge is -2.03. The first-order valence-electron chi connectivity index (χ1n) is 4.51. The fourth-order valence-electron chi connectivity index (χ4n) is 1.61. The molecule has 0 aliphatic carbocycles. The van der Waals surface area contributed by atoms with Crippen LogP contribution in [0.4, 0.5) is 0 Å². The van der Waals surface area contributed by atoms with Gasteiger partial charge in [-0.25, -0.2) is 0 Å². The Hall–Kier alpha value is -2.24. The van der Waals surface area contributed by atoms with E-state index in [1.165, 1.54) is 0 Å². The number of hydrogen-bond donors (Lipinski definition) is 1. The van der Waals surface area contributed by atoms with Crippen molar-refractivity contribution in [1.82, 2.24) is 25.5 Å². The van der Waals surface area contributed by atoms with Gasteiger partial charge in [-0.3, -0.25) is 4.79 Å². The topological polar surface area (TPSA) is 72.7 Å². The van der Waals surface area contributed by atoms with Crippen molar-refractivity contribution in [3.63, 3.8) is 0 Å². The molecule has 15 heavy (non-hydrogen) atoms. The number of para-hydroxylation sites is 1. The Balaban J connectivity index is 2.32. The molecule has 0 radical (unpaired) electrons. The Morgan fingerprint density at radius 2 is 2.20 bits per heavy atom. The van der Waals surface area contributed by atoms with Crippen LogP contribution in [0, 0.1) is 0 Å². The SMILES string of the molecule is O=C1NCc2nnnn2-c2ccccc21. The number of nitrogens with one attached hydrogen (secondary N) is 1. The lowest BCUT2D eigenvalue weighted by Crippen LogP contribution is -2.21. The highest BCUT2D eigenvalue weighted by Gasteiger charge is 2.20. The minimum atomic E-state index is -0.113. The molecule has 1 aliphatic heterocycles. The van der Waals surface area contributed by atoms with Gasteiger partial charge in [-0.05, 0) is 22.6 Å². The molecular formula is C9H7N5O. The number of amides is 1. The maximum Gasteiger partial charge on any atom is 0.253 e. The molecule has 2 aromatic rings. The monoisotopic (exact) mass is 201 g/mol. The standard InChI is InChI=1S/C9H7N5O/c15-9-6-3-1-2-4-7(6)14-8(5-10-9)11-12-13-14/h1-4H,5H2,(H,10,15). The minimum Gasteiger partial charge on any atom is -0.345 e. The van der Waals surface area contributed by atoms with Crippen LogP contribution in [-0.2, 0) is 6.54 Å². The molecule has 0 fully saturated rings. The first kappa shape index (κ1) is 8.10. The highest BCUT2D eigenvalue weighted by Crippen LogP contribution is 2.16. The third kappa shape index (κ3) is 1.11. The fraction of sp³-hybridized carbons (Fsp3) is 0.111. The Labute approximate surface area is 84.9 Å². The molecule has 0 saturated carbocycles. The molecule has 1 amide bonds. The largest absolute Gasteiger partial charge is 0.345 e. The van der Waals surface area contributed by atoms with Crippen LogP contribution in [0.15, 0.2) is 24.3 Å². The molecule has 0 atom stereocenters. The summed E-state index contributed by atoms with van der Waals surface area (Å²) in [6.45, 7) is 0.348. The number of carbonyl (C=O) groups is 1. The van der Waals surface area contributed by atoms with Crippen LogP contribution in [0.3, 0.4) is 0 Å². The first-order chi connectivity index (χ1) is 7.36. The van der Waals surface area contributed by atoms with Crippen LogP contribution in [0.5, 0.6) is 0 Å². The van der Waals surface area contributed by atoms with E-state index in [1.54, 1.807) is 10.7 Å². The third-order valence-electron chi connectivity index (χ3n) is 2.32. The Morgan fingerprint density at radius 3 is 3.13 bits per heavy atom. The second-order valence-corrected chi connectivity index (χ2v) is 3.21. The Morgan fingerprint density at radius 1 is 1.33 bits per heavy atom. The summed E-state index contributed by atoms with van der Waals surface area (Å²) in [6.07, 6.45) is 0. The number of carbonyl (C=O) groups excluding carboxylic acids is 1. The molecule has 1 N–H and O–H groups in total. The molecule has 1 aromatic heterocycles. The lowest BCUT2D eigenvalue weighted by molar-refractivity contribution is 0.0952. The maximum absolute atomic E-state index is 11.7. The van der Waals surface area contributed by atoms with Gasteiger partial charge in [0.1, 0.15) is 0 Å². The third-order valence-corrected chi connectivity index (χ3v) is 2.32. The molecule has 0 saturated heterocycles. The predicted octanol–water partition coefficient (Wildman–Crippen LogP) is -0.0943. The zero-order chi connectivity index (χ0) is 10.3. The van der Waals surface area contributed by atoms with Crippen molar-refractivity contribution in [2.75, 3.05) is 0 Å². The van der Waals surface area contributed by atoms with Gasteiger partial charge in [0, 0.05) is 0 Å². The first-order valence-corrected chi connectivity index (χ1v) is 4.51. The van der Waals surface area contributed by atoms with Crippen molar-refractivity contribution in [2.45, 2.75) is 6.54 Å². The van der Waals surface area contributed by atoms with Crippen LogP contribution < -0.4 is 5.32 Å². The van der Waals surface area contributed by atoms with Crippen molar-refractivity contribution in [3.05, 3.63) is 35.7 Å². The highest BCUT2D eigenvalue weighted by molar-refractivity contribution is 5.98. The van der Waals surface area contributed by atoms with E-state index in [0.29, 0.717) is 23.6 Å². The Bertz CT molecular complexity index is 533. The van der Waals surface area contributed by atoms with E-state index in [-0.39, 0.29) is 5.91 Å². The summed E-state index contributed by atoms with van der Waals surface area (Å²) in [4.78, 5) is 11.7. The molecule has 0 spiro atoms. The molecule has 1 aliphatic rings. The number of rotatable bonds is 0. The van der Waals surface area contributed by atoms with Gasteiger partial charge in [-0.2, -0.15) is 4.68 Å². The molecule has 3 rings (SSSR count). The molecule has 1 aromatic carbocycles. The fourth-order valence-corrected chi connectivity index (χ4v) is 1.61. The van der Waals surface area contributed by atoms with Gasteiger partial charge < -0.3 is 5.32 Å². The second-order valence-electron chi connectivity index (χ2n) is 3.21. The quantitative estimate of drug-likeness (QED) is 0.646. The maximum atomic E-state index is 11.7. The van der Waals surface area contributed by atoms with Gasteiger partial charge >= 0.3 is 0 Å². The number of tetrazole rings is 1. The van der Waals surface area contributed by atoms with Gasteiger partial charge in [0.2, 0.25) is 0 Å². The van der Waals surface area contributed by atoms with Crippen molar-refractivity contribution in [1.29, 1.82) is 0 Å². The molecule has 6 heteroatoms. The average molecular weight is 201 g/mol. The molecule has 2 heterocycles. The lowest BCUT2D eigenvalue weighted by atomic mass is 10.2. The summed E-state index contributed by atoms with van der Waals surface area (Å²) in [6, 6.07) is 7.23. The molecule has 0 unspecified atom stereocenters. The van der Waals surface area contributed by atoms with E-state index in [2.05, 4.69) is 20.8 Å². The van der Waals surface area contributed by atoms with Crippen molar-refractivity contribution >= 4 is 5.91 Å². The van der Waals surface area contributed by atoms with Crippen molar-refractivity contribution < 1.29 is 4.79 Å². The minimum absolute atomic E-state index is 0.113. The zero-order valence-corrected chi connectivity index (χ0v) is 7.71. The van der Waals surface area contributed by atoms with E-state index in [0.717, 1.165) is 0 Å². The van der Waals surface area contributed by atoms with Gasteiger partial charge in [-0.1, -0.05) is 12.1 Å². The number of nitrogens with zero attached hydrogens (tertiary/aromatic N) is 4. The second kappa shape index (κ2) is 2.88. The number of fused-ring (bicyclic) bond motifs is 3. The van der Waals surface area contributed by atoms with Gasteiger partial charge in [0.15, 0.2) is 5.82 Å². The van der Waals surface area contributed by atoms with Crippen LogP contribution in [0.2, 0.25) is 0 Å². The van der Waals surface area contributed by atoms with E-state index in [4.69, 9.17) is 0 Å². The van der Waals surface area contributed by atoms with Crippen LogP contribution in [0.25, 0.3) is 5.69 Å². The van der Waals surface area contributed by atoms with Crippen molar-refractivity contribution in [2.24, 2.45) is 0 Å². The summed E-state index contributed by atoms with van der Waals surface area (Å²) in [5, 5.41) is 14.0. The molecule has 6 nitrogen and oxygen atoms in total. The summed E-state index contributed by atoms with van der Waals surface area (Å²) in [7, 11) is 0.